The number of aryl methyl sites for hydroxylation is 2. The molecular formula is C17H25N3. The number of rotatable bonds is 6. The third kappa shape index (κ3) is 2.93. The Labute approximate surface area is 122 Å². The van der Waals surface area contributed by atoms with Crippen LogP contribution in [0.3, 0.4) is 0 Å². The molecule has 0 unspecified atom stereocenters. The van der Waals surface area contributed by atoms with Gasteiger partial charge in [0.25, 0.3) is 0 Å². The molecule has 2 rings (SSSR count). The van der Waals surface area contributed by atoms with Crippen LogP contribution in [-0.2, 0) is 19.4 Å². The molecule has 20 heavy (non-hydrogen) atoms. The second kappa shape index (κ2) is 6.71. The third-order valence-electron chi connectivity index (χ3n) is 3.67. The van der Waals surface area contributed by atoms with Crippen LogP contribution in [0.2, 0.25) is 0 Å². The summed E-state index contributed by atoms with van der Waals surface area (Å²) in [6.45, 7) is 10.5. The lowest BCUT2D eigenvalue weighted by molar-refractivity contribution is 0.712. The molecule has 0 atom stereocenters. The Hall–Kier alpha value is -1.61. The van der Waals surface area contributed by atoms with Crippen molar-refractivity contribution in [3.63, 3.8) is 0 Å². The molecule has 3 nitrogen and oxygen atoms in total. The summed E-state index contributed by atoms with van der Waals surface area (Å²) < 4.78 is 2.12. The largest absolute Gasteiger partial charge is 0.313 e. The maximum absolute atomic E-state index is 4.83. The normalized spacial score (nSPS) is 11.0. The smallest absolute Gasteiger partial charge is 0.0674 e. The standard InChI is InChI=1S/C17H25N3/c1-5-16-15(12-18-7-3)17(6-2)20(19-16)14-10-8-13(4)9-11-14/h8-11,18H,5-7,12H2,1-4H3. The first-order valence-electron chi connectivity index (χ1n) is 7.58. The molecule has 0 fully saturated rings. The molecule has 1 heterocycles. The van der Waals surface area contributed by atoms with Crippen LogP contribution in [0, 0.1) is 6.92 Å². The van der Waals surface area contributed by atoms with Gasteiger partial charge in [-0.1, -0.05) is 38.5 Å². The average molecular weight is 271 g/mol. The average Bonchev–Trinajstić information content (AvgIpc) is 2.83. The molecule has 0 aliphatic heterocycles. The second-order valence-electron chi connectivity index (χ2n) is 5.11. The summed E-state index contributed by atoms with van der Waals surface area (Å²) in [4.78, 5) is 0. The van der Waals surface area contributed by atoms with Crippen molar-refractivity contribution in [2.75, 3.05) is 6.54 Å². The van der Waals surface area contributed by atoms with Crippen LogP contribution in [0.1, 0.15) is 43.3 Å². The van der Waals surface area contributed by atoms with Crippen molar-refractivity contribution in [2.45, 2.75) is 47.1 Å². The molecule has 0 aliphatic carbocycles. The van der Waals surface area contributed by atoms with Crippen molar-refractivity contribution in [1.29, 1.82) is 0 Å². The Kier molecular flexibility index (Phi) is 4.96. The summed E-state index contributed by atoms with van der Waals surface area (Å²) in [6.07, 6.45) is 1.98. The Balaban J connectivity index is 2.47. The Morgan fingerprint density at radius 1 is 1.05 bits per heavy atom. The van der Waals surface area contributed by atoms with Gasteiger partial charge in [0.15, 0.2) is 0 Å². The van der Waals surface area contributed by atoms with E-state index in [1.165, 1.54) is 22.5 Å². The van der Waals surface area contributed by atoms with Gasteiger partial charge in [0, 0.05) is 17.8 Å². The van der Waals surface area contributed by atoms with Gasteiger partial charge < -0.3 is 5.32 Å². The van der Waals surface area contributed by atoms with Crippen molar-refractivity contribution in [3.05, 3.63) is 46.8 Å². The van der Waals surface area contributed by atoms with Crippen LogP contribution in [0.5, 0.6) is 0 Å². The van der Waals surface area contributed by atoms with Crippen molar-refractivity contribution in [3.8, 4) is 5.69 Å². The monoisotopic (exact) mass is 271 g/mol. The van der Waals surface area contributed by atoms with E-state index in [-0.39, 0.29) is 0 Å². The highest BCUT2D eigenvalue weighted by atomic mass is 15.3. The Bertz CT molecular complexity index is 552. The van der Waals surface area contributed by atoms with Gasteiger partial charge in [-0.05, 0) is 38.4 Å². The number of nitrogens with zero attached hydrogens (tertiary/aromatic N) is 2. The summed E-state index contributed by atoms with van der Waals surface area (Å²) in [5.74, 6) is 0. The van der Waals surface area contributed by atoms with Gasteiger partial charge in [-0.2, -0.15) is 5.10 Å². The van der Waals surface area contributed by atoms with Crippen molar-refractivity contribution < 1.29 is 0 Å². The number of hydrogen-bond acceptors (Lipinski definition) is 2. The highest BCUT2D eigenvalue weighted by Gasteiger charge is 2.15. The molecule has 2 aromatic rings. The fourth-order valence-corrected chi connectivity index (χ4v) is 2.54. The molecule has 0 radical (unpaired) electrons. The molecule has 1 aromatic carbocycles. The zero-order valence-corrected chi connectivity index (χ0v) is 13.0. The first-order chi connectivity index (χ1) is 9.71. The Morgan fingerprint density at radius 2 is 1.75 bits per heavy atom. The zero-order valence-electron chi connectivity index (χ0n) is 13.0. The van der Waals surface area contributed by atoms with Crippen LogP contribution in [-0.4, -0.2) is 16.3 Å². The Morgan fingerprint density at radius 3 is 2.30 bits per heavy atom. The van der Waals surface area contributed by atoms with Crippen LogP contribution in [0.15, 0.2) is 24.3 Å². The molecule has 0 amide bonds. The molecule has 1 N–H and O–H groups in total. The number of benzene rings is 1. The van der Waals surface area contributed by atoms with E-state index in [1.807, 2.05) is 0 Å². The first-order valence-corrected chi connectivity index (χ1v) is 7.58. The van der Waals surface area contributed by atoms with Crippen LogP contribution < -0.4 is 5.32 Å². The van der Waals surface area contributed by atoms with Gasteiger partial charge in [-0.3, -0.25) is 0 Å². The van der Waals surface area contributed by atoms with E-state index in [2.05, 4.69) is 62.0 Å². The van der Waals surface area contributed by atoms with Gasteiger partial charge in [-0.25, -0.2) is 4.68 Å². The van der Waals surface area contributed by atoms with Crippen molar-refractivity contribution in [2.24, 2.45) is 0 Å². The summed E-state index contributed by atoms with van der Waals surface area (Å²) in [7, 11) is 0. The quantitative estimate of drug-likeness (QED) is 0.872. The molecule has 1 aromatic heterocycles. The van der Waals surface area contributed by atoms with E-state index in [0.29, 0.717) is 0 Å². The molecule has 108 valence electrons. The lowest BCUT2D eigenvalue weighted by atomic mass is 10.1. The van der Waals surface area contributed by atoms with Gasteiger partial charge in [0.05, 0.1) is 11.4 Å². The van der Waals surface area contributed by atoms with E-state index >= 15 is 0 Å². The summed E-state index contributed by atoms with van der Waals surface area (Å²) in [5, 5.41) is 8.26. The van der Waals surface area contributed by atoms with Crippen LogP contribution in [0.25, 0.3) is 5.69 Å². The van der Waals surface area contributed by atoms with Crippen LogP contribution >= 0.6 is 0 Å². The zero-order chi connectivity index (χ0) is 14.5. The predicted molar refractivity (Wildman–Crippen MR) is 84.4 cm³/mol. The predicted octanol–water partition coefficient (Wildman–Crippen LogP) is 3.42. The summed E-state index contributed by atoms with van der Waals surface area (Å²) in [6, 6.07) is 8.59. The summed E-state index contributed by atoms with van der Waals surface area (Å²) in [5.41, 5.74) is 6.35. The highest BCUT2D eigenvalue weighted by molar-refractivity contribution is 5.39. The molecule has 0 aliphatic rings. The molecule has 0 saturated carbocycles. The highest BCUT2D eigenvalue weighted by Crippen LogP contribution is 2.20. The second-order valence-corrected chi connectivity index (χ2v) is 5.11. The van der Waals surface area contributed by atoms with E-state index < -0.39 is 0 Å². The lowest BCUT2D eigenvalue weighted by Gasteiger charge is -2.08. The van der Waals surface area contributed by atoms with E-state index in [4.69, 9.17) is 5.10 Å². The summed E-state index contributed by atoms with van der Waals surface area (Å²) >= 11 is 0. The molecule has 0 saturated heterocycles. The minimum atomic E-state index is 0.911. The maximum atomic E-state index is 4.83. The third-order valence-corrected chi connectivity index (χ3v) is 3.67. The minimum absolute atomic E-state index is 0.911. The van der Waals surface area contributed by atoms with Gasteiger partial charge in [0.2, 0.25) is 0 Å². The maximum Gasteiger partial charge on any atom is 0.0674 e. The lowest BCUT2D eigenvalue weighted by Crippen LogP contribution is -2.14. The van der Waals surface area contributed by atoms with E-state index in [9.17, 15) is 0 Å². The number of aromatic nitrogens is 2. The topological polar surface area (TPSA) is 29.9 Å². The van der Waals surface area contributed by atoms with E-state index in [1.54, 1.807) is 0 Å². The SMILES string of the molecule is CCNCc1c(CC)nn(-c2ccc(C)cc2)c1CC. The fraction of sp³-hybridized carbons (Fsp3) is 0.471. The van der Waals surface area contributed by atoms with Gasteiger partial charge >= 0.3 is 0 Å². The molecule has 0 bridgehead atoms. The van der Waals surface area contributed by atoms with E-state index in [0.717, 1.165) is 31.6 Å². The van der Waals surface area contributed by atoms with Gasteiger partial charge in [-0.15, -0.1) is 0 Å². The number of nitrogens with one attached hydrogen (secondary N) is 1. The number of hydrogen-bond donors (Lipinski definition) is 1. The molecule has 0 spiro atoms. The van der Waals surface area contributed by atoms with Crippen molar-refractivity contribution >= 4 is 0 Å². The molecule has 3 heteroatoms. The van der Waals surface area contributed by atoms with Crippen LogP contribution in [0.4, 0.5) is 0 Å². The minimum Gasteiger partial charge on any atom is -0.313 e. The fourth-order valence-electron chi connectivity index (χ4n) is 2.54. The van der Waals surface area contributed by atoms with Crippen molar-refractivity contribution in [1.82, 2.24) is 15.1 Å². The molecular weight excluding hydrogens is 246 g/mol. The first kappa shape index (κ1) is 14.8. The van der Waals surface area contributed by atoms with Gasteiger partial charge in [0.1, 0.15) is 0 Å².